The van der Waals surface area contributed by atoms with Crippen molar-refractivity contribution in [3.63, 3.8) is 0 Å². The topological polar surface area (TPSA) is 75.6 Å². The second-order valence-corrected chi connectivity index (χ2v) is 4.93. The largest absolute Gasteiger partial charge is 0.481 e. The summed E-state index contributed by atoms with van der Waals surface area (Å²) in [5.41, 5.74) is -0.190. The Morgan fingerprint density at radius 1 is 1.47 bits per heavy atom. The summed E-state index contributed by atoms with van der Waals surface area (Å²) in [6.45, 7) is 9.68. The maximum atomic E-state index is 11.2. The van der Waals surface area contributed by atoms with Crippen molar-refractivity contribution in [2.75, 3.05) is 13.2 Å². The highest BCUT2D eigenvalue weighted by molar-refractivity contribution is 5.68. The number of carbonyl (C=O) groups excluding carboxylic acids is 1. The predicted octanol–water partition coefficient (Wildman–Crippen LogP) is 2.04. The summed E-state index contributed by atoms with van der Waals surface area (Å²) in [5.74, 6) is -1.01. The Bertz CT molecular complexity index is 281. The molecule has 1 amide bonds. The second kappa shape index (κ2) is 6.93. The Labute approximate surface area is 102 Å². The van der Waals surface area contributed by atoms with Crippen LogP contribution in [-0.2, 0) is 9.53 Å². The van der Waals surface area contributed by atoms with E-state index in [4.69, 9.17) is 9.84 Å². The monoisotopic (exact) mass is 243 g/mol. The van der Waals surface area contributed by atoms with Crippen LogP contribution in [0.3, 0.4) is 0 Å². The molecule has 0 aromatic carbocycles. The Hall–Kier alpha value is -1.52. The third-order valence-electron chi connectivity index (χ3n) is 2.47. The summed E-state index contributed by atoms with van der Waals surface area (Å²) in [4.78, 5) is 21.9. The van der Waals surface area contributed by atoms with E-state index in [2.05, 4.69) is 11.9 Å². The highest BCUT2D eigenvalue weighted by Gasteiger charge is 2.27. The molecular formula is C12H21NO4. The number of nitrogens with one attached hydrogen (secondary N) is 1. The number of rotatable bonds is 6. The zero-order chi connectivity index (χ0) is 13.5. The fraction of sp³-hybridized carbons (Fsp3) is 0.667. The molecule has 0 aliphatic carbocycles. The van der Waals surface area contributed by atoms with E-state index in [9.17, 15) is 9.59 Å². The summed E-state index contributed by atoms with van der Waals surface area (Å²) in [6.07, 6.45) is 0.938. The molecule has 5 nitrogen and oxygen atoms in total. The van der Waals surface area contributed by atoms with Crippen LogP contribution >= 0.6 is 0 Å². The lowest BCUT2D eigenvalue weighted by Crippen LogP contribution is -2.36. The molecule has 0 aromatic rings. The molecule has 98 valence electrons. The fourth-order valence-electron chi connectivity index (χ4n) is 1.29. The molecule has 17 heavy (non-hydrogen) atoms. The number of ether oxygens (including phenoxy) is 1. The average molecular weight is 243 g/mol. The summed E-state index contributed by atoms with van der Waals surface area (Å²) >= 11 is 0. The van der Waals surface area contributed by atoms with Crippen LogP contribution in [0.2, 0.25) is 0 Å². The van der Waals surface area contributed by atoms with Gasteiger partial charge in [-0.05, 0) is 11.3 Å². The number of carboxylic acids is 1. The third-order valence-corrected chi connectivity index (χ3v) is 2.47. The van der Waals surface area contributed by atoms with Crippen molar-refractivity contribution in [3.8, 4) is 0 Å². The summed E-state index contributed by atoms with van der Waals surface area (Å²) in [7, 11) is 0. The molecular weight excluding hydrogens is 222 g/mol. The highest BCUT2D eigenvalue weighted by atomic mass is 16.5. The lowest BCUT2D eigenvalue weighted by atomic mass is 9.79. The average Bonchev–Trinajstić information content (AvgIpc) is 2.19. The number of alkyl carbamates (subject to hydrolysis) is 1. The smallest absolute Gasteiger partial charge is 0.407 e. The molecule has 1 atom stereocenters. The first-order chi connectivity index (χ1) is 7.77. The number of carbonyl (C=O) groups is 2. The van der Waals surface area contributed by atoms with E-state index in [1.54, 1.807) is 0 Å². The van der Waals surface area contributed by atoms with Crippen LogP contribution in [-0.4, -0.2) is 30.3 Å². The number of amides is 1. The number of carboxylic acid groups (broad SMARTS) is 1. The molecule has 0 saturated heterocycles. The van der Waals surface area contributed by atoms with Crippen LogP contribution in [0.25, 0.3) is 0 Å². The van der Waals surface area contributed by atoms with Crippen molar-refractivity contribution < 1.29 is 19.4 Å². The van der Waals surface area contributed by atoms with Gasteiger partial charge in [0.1, 0.15) is 6.61 Å². The van der Waals surface area contributed by atoms with E-state index in [0.717, 1.165) is 0 Å². The molecule has 0 bridgehead atoms. The molecule has 0 saturated carbocycles. The zero-order valence-electron chi connectivity index (χ0n) is 10.7. The number of hydrogen-bond acceptors (Lipinski definition) is 3. The van der Waals surface area contributed by atoms with Gasteiger partial charge in [0, 0.05) is 6.54 Å². The molecule has 5 heteroatoms. The van der Waals surface area contributed by atoms with Gasteiger partial charge in [-0.1, -0.05) is 33.4 Å². The van der Waals surface area contributed by atoms with Gasteiger partial charge in [-0.15, -0.1) is 0 Å². The van der Waals surface area contributed by atoms with Crippen LogP contribution in [0, 0.1) is 11.3 Å². The van der Waals surface area contributed by atoms with Gasteiger partial charge < -0.3 is 15.2 Å². The molecule has 0 aliphatic rings. The van der Waals surface area contributed by atoms with E-state index in [-0.39, 0.29) is 30.9 Å². The van der Waals surface area contributed by atoms with Gasteiger partial charge in [0.15, 0.2) is 0 Å². The Kier molecular flexibility index (Phi) is 6.31. The summed E-state index contributed by atoms with van der Waals surface area (Å²) in [6, 6.07) is 0. The van der Waals surface area contributed by atoms with Crippen LogP contribution in [0.5, 0.6) is 0 Å². The molecule has 0 aromatic heterocycles. The maximum absolute atomic E-state index is 11.2. The predicted molar refractivity (Wildman–Crippen MR) is 64.7 cm³/mol. The van der Waals surface area contributed by atoms with Crippen molar-refractivity contribution in [2.45, 2.75) is 27.2 Å². The highest BCUT2D eigenvalue weighted by Crippen LogP contribution is 2.28. The molecule has 1 unspecified atom stereocenters. The van der Waals surface area contributed by atoms with Gasteiger partial charge in [0.2, 0.25) is 0 Å². The molecule has 0 radical (unpaired) electrons. The van der Waals surface area contributed by atoms with Gasteiger partial charge in [-0.2, -0.15) is 0 Å². The normalized spacial score (nSPS) is 12.6. The molecule has 0 aliphatic heterocycles. The van der Waals surface area contributed by atoms with Crippen LogP contribution in [0.15, 0.2) is 12.7 Å². The number of aliphatic carboxylic acids is 1. The molecule has 2 N–H and O–H groups in total. The number of hydrogen-bond donors (Lipinski definition) is 2. The van der Waals surface area contributed by atoms with E-state index in [1.165, 1.54) is 6.08 Å². The third kappa shape index (κ3) is 7.38. The van der Waals surface area contributed by atoms with Crippen molar-refractivity contribution >= 4 is 12.1 Å². The van der Waals surface area contributed by atoms with E-state index in [0.29, 0.717) is 0 Å². The minimum Gasteiger partial charge on any atom is -0.481 e. The first-order valence-corrected chi connectivity index (χ1v) is 5.50. The van der Waals surface area contributed by atoms with Crippen LogP contribution < -0.4 is 5.32 Å². The Morgan fingerprint density at radius 3 is 2.47 bits per heavy atom. The summed E-state index contributed by atoms with van der Waals surface area (Å²) < 4.78 is 4.74. The Balaban J connectivity index is 4.21. The second-order valence-electron chi connectivity index (χ2n) is 4.93. The van der Waals surface area contributed by atoms with Gasteiger partial charge in [-0.25, -0.2) is 4.79 Å². The van der Waals surface area contributed by atoms with Crippen molar-refractivity contribution in [1.82, 2.24) is 5.32 Å². The standard InChI is InChI=1S/C12H21NO4/c1-5-6-17-11(16)13-8-9(7-10(14)15)12(2,3)4/h5,9H,1,6-8H2,2-4H3,(H,13,16)(H,14,15). The van der Waals surface area contributed by atoms with Gasteiger partial charge in [0.05, 0.1) is 6.42 Å². The van der Waals surface area contributed by atoms with E-state index >= 15 is 0 Å². The zero-order valence-corrected chi connectivity index (χ0v) is 10.7. The SMILES string of the molecule is C=CCOC(=O)NCC(CC(=O)O)C(C)(C)C. The first-order valence-electron chi connectivity index (χ1n) is 5.50. The summed E-state index contributed by atoms with van der Waals surface area (Å²) in [5, 5.41) is 11.4. The lowest BCUT2D eigenvalue weighted by Gasteiger charge is -2.29. The molecule has 0 fully saturated rings. The minimum atomic E-state index is -0.869. The van der Waals surface area contributed by atoms with Crippen molar-refractivity contribution in [2.24, 2.45) is 11.3 Å². The lowest BCUT2D eigenvalue weighted by molar-refractivity contribution is -0.139. The van der Waals surface area contributed by atoms with Crippen LogP contribution in [0.1, 0.15) is 27.2 Å². The quantitative estimate of drug-likeness (QED) is 0.700. The van der Waals surface area contributed by atoms with Gasteiger partial charge in [0.25, 0.3) is 0 Å². The Morgan fingerprint density at radius 2 is 2.06 bits per heavy atom. The first kappa shape index (κ1) is 15.5. The van der Waals surface area contributed by atoms with Gasteiger partial charge in [-0.3, -0.25) is 4.79 Å². The molecule has 0 rings (SSSR count). The van der Waals surface area contributed by atoms with E-state index in [1.807, 2.05) is 20.8 Å². The fourth-order valence-corrected chi connectivity index (χ4v) is 1.29. The molecule has 0 heterocycles. The van der Waals surface area contributed by atoms with E-state index < -0.39 is 12.1 Å². The van der Waals surface area contributed by atoms with Crippen molar-refractivity contribution in [3.05, 3.63) is 12.7 Å². The minimum absolute atomic E-state index is 0.0191. The maximum Gasteiger partial charge on any atom is 0.407 e. The van der Waals surface area contributed by atoms with Crippen molar-refractivity contribution in [1.29, 1.82) is 0 Å². The van der Waals surface area contributed by atoms with Crippen LogP contribution in [0.4, 0.5) is 4.79 Å². The molecule has 0 spiro atoms. The van der Waals surface area contributed by atoms with Gasteiger partial charge >= 0.3 is 12.1 Å².